The molecule has 0 spiro atoms. The van der Waals surface area contributed by atoms with Gasteiger partial charge in [0.15, 0.2) is 5.69 Å². The van der Waals surface area contributed by atoms with E-state index in [1.807, 2.05) is 0 Å². The average Bonchev–Trinajstić information content (AvgIpc) is 3.20. The SMILES string of the molecule is COCCOCc1c(C(=O)OC)nn(C2CC2)c1N. The molecule has 0 aliphatic heterocycles. The van der Waals surface area contributed by atoms with Crippen molar-refractivity contribution in [3.05, 3.63) is 11.3 Å². The molecule has 1 aliphatic carbocycles. The highest BCUT2D eigenvalue weighted by Crippen LogP contribution is 2.37. The van der Waals surface area contributed by atoms with Gasteiger partial charge >= 0.3 is 5.97 Å². The molecular weight excluding hydrogens is 250 g/mol. The second-order valence-electron chi connectivity index (χ2n) is 4.43. The number of anilines is 1. The minimum atomic E-state index is -0.489. The quantitative estimate of drug-likeness (QED) is 0.580. The van der Waals surface area contributed by atoms with Crippen LogP contribution in [0.4, 0.5) is 5.82 Å². The summed E-state index contributed by atoms with van der Waals surface area (Å²) in [7, 11) is 2.92. The highest BCUT2D eigenvalue weighted by Gasteiger charge is 2.31. The van der Waals surface area contributed by atoms with E-state index in [9.17, 15) is 4.79 Å². The number of methoxy groups -OCH3 is 2. The zero-order valence-corrected chi connectivity index (χ0v) is 11.2. The van der Waals surface area contributed by atoms with Crippen LogP contribution in [0.1, 0.15) is 34.9 Å². The number of carbonyl (C=O) groups is 1. The van der Waals surface area contributed by atoms with Gasteiger partial charge in [0.1, 0.15) is 5.82 Å². The maximum atomic E-state index is 11.7. The van der Waals surface area contributed by atoms with Gasteiger partial charge < -0.3 is 19.9 Å². The molecule has 0 radical (unpaired) electrons. The largest absolute Gasteiger partial charge is 0.464 e. The number of aromatic nitrogens is 2. The van der Waals surface area contributed by atoms with Crippen molar-refractivity contribution in [1.82, 2.24) is 9.78 Å². The molecule has 0 unspecified atom stereocenters. The van der Waals surface area contributed by atoms with Crippen LogP contribution in [0.15, 0.2) is 0 Å². The standard InChI is InChI=1S/C12H19N3O4/c1-17-5-6-19-7-9-10(12(16)18-2)14-15(11(9)13)8-3-4-8/h8H,3-7,13H2,1-2H3. The molecule has 1 aromatic heterocycles. The third kappa shape index (κ3) is 3.05. The van der Waals surface area contributed by atoms with Gasteiger partial charge in [-0.15, -0.1) is 0 Å². The summed E-state index contributed by atoms with van der Waals surface area (Å²) in [5.74, 6) is -0.00300. The third-order valence-electron chi connectivity index (χ3n) is 3.00. The second-order valence-corrected chi connectivity index (χ2v) is 4.43. The molecule has 7 heteroatoms. The lowest BCUT2D eigenvalue weighted by atomic mass is 10.2. The van der Waals surface area contributed by atoms with E-state index >= 15 is 0 Å². The van der Waals surface area contributed by atoms with E-state index in [0.717, 1.165) is 12.8 Å². The first kappa shape index (κ1) is 13.8. The summed E-state index contributed by atoms with van der Waals surface area (Å²) in [6.45, 7) is 1.15. The van der Waals surface area contributed by atoms with E-state index in [-0.39, 0.29) is 12.3 Å². The number of nitrogens with two attached hydrogens (primary N) is 1. The summed E-state index contributed by atoms with van der Waals surface area (Å²) in [6.07, 6.45) is 2.08. The fourth-order valence-corrected chi connectivity index (χ4v) is 1.80. The molecule has 0 atom stereocenters. The van der Waals surface area contributed by atoms with Crippen LogP contribution in [0.5, 0.6) is 0 Å². The average molecular weight is 269 g/mol. The lowest BCUT2D eigenvalue weighted by Gasteiger charge is -2.05. The molecule has 0 amide bonds. The molecule has 0 saturated heterocycles. The van der Waals surface area contributed by atoms with Crippen LogP contribution in [0.3, 0.4) is 0 Å². The van der Waals surface area contributed by atoms with E-state index in [4.69, 9.17) is 19.9 Å². The van der Waals surface area contributed by atoms with Gasteiger partial charge in [-0.3, -0.25) is 0 Å². The Labute approximate surface area is 111 Å². The maximum Gasteiger partial charge on any atom is 0.359 e. The number of nitrogen functional groups attached to an aromatic ring is 1. The molecule has 1 aromatic rings. The Kier molecular flexibility index (Phi) is 4.39. The Balaban J connectivity index is 2.15. The lowest BCUT2D eigenvalue weighted by molar-refractivity contribution is 0.0549. The van der Waals surface area contributed by atoms with Gasteiger partial charge in [-0.1, -0.05) is 0 Å². The van der Waals surface area contributed by atoms with Crippen LogP contribution in [-0.2, 0) is 20.8 Å². The third-order valence-corrected chi connectivity index (χ3v) is 3.00. The van der Waals surface area contributed by atoms with Crippen LogP contribution in [0.2, 0.25) is 0 Å². The fourth-order valence-electron chi connectivity index (χ4n) is 1.80. The molecule has 1 saturated carbocycles. The molecule has 106 valence electrons. The highest BCUT2D eigenvalue weighted by atomic mass is 16.5. The van der Waals surface area contributed by atoms with E-state index in [2.05, 4.69) is 5.10 Å². The van der Waals surface area contributed by atoms with Crippen LogP contribution < -0.4 is 5.73 Å². The van der Waals surface area contributed by atoms with E-state index in [1.54, 1.807) is 11.8 Å². The Hall–Kier alpha value is -1.60. The Morgan fingerprint density at radius 1 is 1.42 bits per heavy atom. The number of esters is 1. The number of ether oxygens (including phenoxy) is 3. The highest BCUT2D eigenvalue weighted by molar-refractivity contribution is 5.90. The maximum absolute atomic E-state index is 11.7. The minimum Gasteiger partial charge on any atom is -0.464 e. The zero-order chi connectivity index (χ0) is 13.8. The number of rotatable bonds is 7. The first-order valence-electron chi connectivity index (χ1n) is 6.20. The minimum absolute atomic E-state index is 0.229. The Bertz CT molecular complexity index is 454. The smallest absolute Gasteiger partial charge is 0.359 e. The summed E-state index contributed by atoms with van der Waals surface area (Å²) in [6, 6.07) is 0.302. The Morgan fingerprint density at radius 2 is 2.16 bits per heavy atom. The molecule has 0 aromatic carbocycles. The molecule has 2 N–H and O–H groups in total. The molecule has 1 fully saturated rings. The van der Waals surface area contributed by atoms with Crippen molar-refractivity contribution in [3.63, 3.8) is 0 Å². The van der Waals surface area contributed by atoms with Gasteiger partial charge in [-0.25, -0.2) is 9.48 Å². The van der Waals surface area contributed by atoms with Crippen LogP contribution in [0.25, 0.3) is 0 Å². The number of nitrogens with zero attached hydrogens (tertiary/aromatic N) is 2. The number of hydrogen-bond acceptors (Lipinski definition) is 6. The second kappa shape index (κ2) is 6.03. The fraction of sp³-hybridized carbons (Fsp3) is 0.667. The summed E-state index contributed by atoms with van der Waals surface area (Å²) in [4.78, 5) is 11.7. The first-order valence-corrected chi connectivity index (χ1v) is 6.20. The van der Waals surface area contributed by atoms with Crippen molar-refractivity contribution in [2.75, 3.05) is 33.2 Å². The lowest BCUT2D eigenvalue weighted by Crippen LogP contribution is -2.09. The molecule has 19 heavy (non-hydrogen) atoms. The predicted molar refractivity (Wildman–Crippen MR) is 67.8 cm³/mol. The van der Waals surface area contributed by atoms with E-state index in [1.165, 1.54) is 7.11 Å². The van der Waals surface area contributed by atoms with Gasteiger partial charge in [0.2, 0.25) is 0 Å². The van der Waals surface area contributed by atoms with Crippen molar-refractivity contribution < 1.29 is 19.0 Å². The Morgan fingerprint density at radius 3 is 2.74 bits per heavy atom. The van der Waals surface area contributed by atoms with Crippen molar-refractivity contribution >= 4 is 11.8 Å². The molecule has 1 aliphatic rings. The summed E-state index contributed by atoms with van der Waals surface area (Å²) in [5.41, 5.74) is 6.87. The monoisotopic (exact) mass is 269 g/mol. The first-order chi connectivity index (χ1) is 9.19. The van der Waals surface area contributed by atoms with Crippen molar-refractivity contribution in [2.45, 2.75) is 25.5 Å². The van der Waals surface area contributed by atoms with Crippen molar-refractivity contribution in [1.29, 1.82) is 0 Å². The molecule has 7 nitrogen and oxygen atoms in total. The van der Waals surface area contributed by atoms with Crippen LogP contribution in [-0.4, -0.2) is 43.2 Å². The van der Waals surface area contributed by atoms with Gasteiger partial charge in [0.05, 0.1) is 38.5 Å². The summed E-state index contributed by atoms with van der Waals surface area (Å²) < 4.78 is 16.7. The molecule has 1 heterocycles. The number of carbonyl (C=O) groups excluding carboxylic acids is 1. The van der Waals surface area contributed by atoms with Crippen LogP contribution >= 0.6 is 0 Å². The zero-order valence-electron chi connectivity index (χ0n) is 11.2. The normalized spacial score (nSPS) is 14.6. The summed E-state index contributed by atoms with van der Waals surface area (Å²) >= 11 is 0. The predicted octanol–water partition coefficient (Wildman–Crippen LogP) is 0.750. The summed E-state index contributed by atoms with van der Waals surface area (Å²) in [5, 5.41) is 4.25. The van der Waals surface area contributed by atoms with Gasteiger partial charge in [-0.05, 0) is 12.8 Å². The van der Waals surface area contributed by atoms with Gasteiger partial charge in [-0.2, -0.15) is 5.10 Å². The van der Waals surface area contributed by atoms with Crippen molar-refractivity contribution in [3.8, 4) is 0 Å². The molecular formula is C12H19N3O4. The number of hydrogen-bond donors (Lipinski definition) is 1. The topological polar surface area (TPSA) is 88.6 Å². The van der Waals surface area contributed by atoms with Gasteiger partial charge in [0, 0.05) is 7.11 Å². The molecule has 2 rings (SSSR count). The van der Waals surface area contributed by atoms with E-state index < -0.39 is 5.97 Å². The van der Waals surface area contributed by atoms with Crippen molar-refractivity contribution in [2.24, 2.45) is 0 Å². The van der Waals surface area contributed by atoms with E-state index in [0.29, 0.717) is 30.6 Å². The van der Waals surface area contributed by atoms with Gasteiger partial charge in [0.25, 0.3) is 0 Å². The molecule has 0 bridgehead atoms. The van der Waals surface area contributed by atoms with Crippen LogP contribution in [0, 0.1) is 0 Å².